The Morgan fingerprint density at radius 3 is 2.33 bits per heavy atom. The fourth-order valence-corrected chi connectivity index (χ4v) is 4.59. The molecule has 2 aromatic carbocycles. The van der Waals surface area contributed by atoms with E-state index in [1.807, 2.05) is 31.2 Å². The largest absolute Gasteiger partial charge is 0.356 e. The smallest absolute Gasteiger partial charge is 0.228 e. The maximum atomic E-state index is 13.0. The number of nitrogens with zero attached hydrogens (tertiary/aromatic N) is 2. The van der Waals surface area contributed by atoms with Crippen LogP contribution in [0.1, 0.15) is 30.4 Å². The van der Waals surface area contributed by atoms with Crippen LogP contribution in [0.2, 0.25) is 0 Å². The van der Waals surface area contributed by atoms with Gasteiger partial charge in [0, 0.05) is 44.2 Å². The molecule has 0 aliphatic carbocycles. The Balaban J connectivity index is 1.22. The summed E-state index contributed by atoms with van der Waals surface area (Å²) in [5.41, 5.74) is 2.93. The summed E-state index contributed by atoms with van der Waals surface area (Å²) in [6.45, 7) is 3.97. The summed E-state index contributed by atoms with van der Waals surface area (Å²) in [7, 11) is 0. The van der Waals surface area contributed by atoms with Crippen LogP contribution in [0.3, 0.4) is 0 Å². The first-order valence-electron chi connectivity index (χ1n) is 11.6. The Bertz CT molecular complexity index is 998. The van der Waals surface area contributed by atoms with Crippen LogP contribution >= 0.6 is 0 Å². The highest BCUT2D eigenvalue weighted by Gasteiger charge is 2.38. The maximum Gasteiger partial charge on any atom is 0.228 e. The van der Waals surface area contributed by atoms with E-state index in [1.165, 1.54) is 12.1 Å². The second kappa shape index (κ2) is 10.1. The molecule has 0 saturated carbocycles. The number of carbonyl (C=O) groups excluding carboxylic acids is 3. The summed E-state index contributed by atoms with van der Waals surface area (Å²) in [5.74, 6) is -0.725. The molecule has 0 radical (unpaired) electrons. The first kappa shape index (κ1) is 23.0. The fraction of sp³-hybridized carbons (Fsp3) is 0.423. The van der Waals surface area contributed by atoms with Crippen LogP contribution in [0.4, 0.5) is 10.1 Å². The van der Waals surface area contributed by atoms with E-state index in [4.69, 9.17) is 0 Å². The van der Waals surface area contributed by atoms with Crippen LogP contribution in [0.5, 0.6) is 0 Å². The third kappa shape index (κ3) is 5.59. The van der Waals surface area contributed by atoms with Crippen molar-refractivity contribution < 1.29 is 18.8 Å². The Labute approximate surface area is 193 Å². The van der Waals surface area contributed by atoms with E-state index in [9.17, 15) is 18.8 Å². The van der Waals surface area contributed by atoms with Gasteiger partial charge in [0.05, 0.1) is 5.92 Å². The van der Waals surface area contributed by atoms with E-state index in [0.29, 0.717) is 45.4 Å². The number of carbonyl (C=O) groups is 3. The third-order valence-electron chi connectivity index (χ3n) is 6.62. The monoisotopic (exact) mass is 451 g/mol. The summed E-state index contributed by atoms with van der Waals surface area (Å²) in [6, 6.07) is 14.0. The minimum Gasteiger partial charge on any atom is -0.356 e. The van der Waals surface area contributed by atoms with Gasteiger partial charge in [-0.2, -0.15) is 0 Å². The molecule has 2 heterocycles. The van der Waals surface area contributed by atoms with Gasteiger partial charge in [-0.3, -0.25) is 14.4 Å². The van der Waals surface area contributed by atoms with Gasteiger partial charge in [0.25, 0.3) is 0 Å². The number of hydrogen-bond acceptors (Lipinski definition) is 3. The maximum absolute atomic E-state index is 13.0. The van der Waals surface area contributed by atoms with E-state index in [-0.39, 0.29) is 41.8 Å². The van der Waals surface area contributed by atoms with Crippen LogP contribution in [-0.4, -0.2) is 48.8 Å². The van der Waals surface area contributed by atoms with Crippen molar-refractivity contribution in [2.45, 2.75) is 32.6 Å². The van der Waals surface area contributed by atoms with Gasteiger partial charge in [-0.15, -0.1) is 0 Å². The second-order valence-corrected chi connectivity index (χ2v) is 9.01. The Hall–Kier alpha value is -3.22. The molecule has 0 aromatic heterocycles. The summed E-state index contributed by atoms with van der Waals surface area (Å²) < 4.78 is 13.0. The van der Waals surface area contributed by atoms with Crippen molar-refractivity contribution in [3.05, 3.63) is 65.5 Å². The third-order valence-corrected chi connectivity index (χ3v) is 6.62. The standard InChI is InChI=1S/C26H30FN3O3/c1-18-2-8-23(9-3-18)30-17-21(16-24(30)31)26(33)29-14-11-20(12-15-29)25(32)28-13-10-19-4-6-22(27)7-5-19/h2-9,20-21H,10-17H2,1H3,(H,28,32)/t21-/m0/s1. The number of aryl methyl sites for hydroxylation is 1. The zero-order chi connectivity index (χ0) is 23.4. The van der Waals surface area contributed by atoms with Crippen molar-refractivity contribution in [1.29, 1.82) is 0 Å². The van der Waals surface area contributed by atoms with E-state index in [1.54, 1.807) is 21.9 Å². The van der Waals surface area contributed by atoms with Gasteiger partial charge < -0.3 is 15.1 Å². The number of piperidine rings is 1. The van der Waals surface area contributed by atoms with Crippen LogP contribution in [-0.2, 0) is 20.8 Å². The van der Waals surface area contributed by atoms with Crippen LogP contribution < -0.4 is 10.2 Å². The summed E-state index contributed by atoms with van der Waals surface area (Å²) in [6.07, 6.45) is 2.12. The minimum absolute atomic E-state index is 0.00537. The van der Waals surface area contributed by atoms with Crippen molar-refractivity contribution in [3.63, 3.8) is 0 Å². The summed E-state index contributed by atoms with van der Waals surface area (Å²) >= 11 is 0. The van der Waals surface area contributed by atoms with Crippen molar-refractivity contribution in [1.82, 2.24) is 10.2 Å². The van der Waals surface area contributed by atoms with Crippen molar-refractivity contribution >= 4 is 23.4 Å². The number of likely N-dealkylation sites (tertiary alicyclic amines) is 1. The molecular weight excluding hydrogens is 421 g/mol. The molecule has 3 amide bonds. The molecule has 7 heteroatoms. The zero-order valence-electron chi connectivity index (χ0n) is 18.9. The average Bonchev–Trinajstić information content (AvgIpc) is 3.22. The minimum atomic E-state index is -0.333. The van der Waals surface area contributed by atoms with Crippen LogP contribution in [0, 0.1) is 24.6 Å². The number of amides is 3. The highest BCUT2D eigenvalue weighted by Crippen LogP contribution is 2.28. The number of rotatable bonds is 6. The number of anilines is 1. The lowest BCUT2D eigenvalue weighted by atomic mass is 9.94. The summed E-state index contributed by atoms with van der Waals surface area (Å²) in [4.78, 5) is 41.5. The van der Waals surface area contributed by atoms with Crippen LogP contribution in [0.25, 0.3) is 0 Å². The predicted octanol–water partition coefficient (Wildman–Crippen LogP) is 3.08. The molecule has 1 N–H and O–H groups in total. The van der Waals surface area contributed by atoms with Gasteiger partial charge in [-0.05, 0) is 56.0 Å². The lowest BCUT2D eigenvalue weighted by Crippen LogP contribution is -2.45. The fourth-order valence-electron chi connectivity index (χ4n) is 4.59. The number of nitrogens with one attached hydrogen (secondary N) is 1. The van der Waals surface area contributed by atoms with Gasteiger partial charge in [-0.25, -0.2) is 4.39 Å². The molecule has 174 valence electrons. The van der Waals surface area contributed by atoms with Gasteiger partial charge >= 0.3 is 0 Å². The van der Waals surface area contributed by atoms with E-state index in [2.05, 4.69) is 5.32 Å². The Kier molecular flexibility index (Phi) is 7.06. The molecule has 2 saturated heterocycles. The molecule has 2 fully saturated rings. The first-order valence-corrected chi connectivity index (χ1v) is 11.6. The predicted molar refractivity (Wildman–Crippen MR) is 124 cm³/mol. The van der Waals surface area contributed by atoms with E-state index < -0.39 is 0 Å². The van der Waals surface area contributed by atoms with E-state index >= 15 is 0 Å². The highest BCUT2D eigenvalue weighted by molar-refractivity contribution is 6.00. The average molecular weight is 452 g/mol. The van der Waals surface area contributed by atoms with Crippen molar-refractivity contribution in [2.24, 2.45) is 11.8 Å². The molecule has 1 atom stereocenters. The molecule has 0 bridgehead atoms. The molecule has 33 heavy (non-hydrogen) atoms. The lowest BCUT2D eigenvalue weighted by Gasteiger charge is -2.33. The Morgan fingerprint density at radius 1 is 1.00 bits per heavy atom. The number of hydrogen-bond donors (Lipinski definition) is 1. The molecule has 2 aliphatic heterocycles. The topological polar surface area (TPSA) is 69.7 Å². The van der Waals surface area contributed by atoms with Crippen molar-refractivity contribution in [2.75, 3.05) is 31.1 Å². The number of benzene rings is 2. The second-order valence-electron chi connectivity index (χ2n) is 9.01. The lowest BCUT2D eigenvalue weighted by molar-refractivity contribution is -0.139. The van der Waals surface area contributed by atoms with E-state index in [0.717, 1.165) is 16.8 Å². The number of halogens is 1. The molecule has 0 unspecified atom stereocenters. The van der Waals surface area contributed by atoms with Crippen molar-refractivity contribution in [3.8, 4) is 0 Å². The van der Waals surface area contributed by atoms with Gasteiger partial charge in [0.1, 0.15) is 5.82 Å². The first-order chi connectivity index (χ1) is 15.9. The molecule has 2 aliphatic rings. The SMILES string of the molecule is Cc1ccc(N2C[C@@H](C(=O)N3CCC(C(=O)NCCc4ccc(F)cc4)CC3)CC2=O)cc1. The molecule has 2 aromatic rings. The highest BCUT2D eigenvalue weighted by atomic mass is 19.1. The van der Waals surface area contributed by atoms with Crippen LogP contribution in [0.15, 0.2) is 48.5 Å². The van der Waals surface area contributed by atoms with Gasteiger partial charge in [0.15, 0.2) is 0 Å². The molecule has 6 nitrogen and oxygen atoms in total. The van der Waals surface area contributed by atoms with Gasteiger partial charge in [0.2, 0.25) is 17.7 Å². The molecular formula is C26H30FN3O3. The zero-order valence-corrected chi connectivity index (χ0v) is 18.9. The quantitative estimate of drug-likeness (QED) is 0.734. The Morgan fingerprint density at radius 2 is 1.67 bits per heavy atom. The molecule has 0 spiro atoms. The van der Waals surface area contributed by atoms with Gasteiger partial charge in [-0.1, -0.05) is 29.8 Å². The summed E-state index contributed by atoms with van der Waals surface area (Å²) in [5, 5.41) is 2.96. The molecule has 4 rings (SSSR count). The normalized spacial score (nSPS) is 19.1.